The Balaban J connectivity index is 2.90. The van der Waals surface area contributed by atoms with E-state index >= 15 is 0 Å². The summed E-state index contributed by atoms with van der Waals surface area (Å²) in [6.45, 7) is 0. The predicted octanol–water partition coefficient (Wildman–Crippen LogP) is 1.41. The van der Waals surface area contributed by atoms with Crippen molar-refractivity contribution >= 4 is 10.8 Å². The summed E-state index contributed by atoms with van der Waals surface area (Å²) in [4.78, 5) is 11.6. The van der Waals surface area contributed by atoms with Crippen LogP contribution in [-0.2, 0) is 7.05 Å². The average Bonchev–Trinajstić information content (AvgIpc) is 2.23. The molecule has 1 heterocycles. The summed E-state index contributed by atoms with van der Waals surface area (Å²) >= 11 is 0. The number of rotatable bonds is 0. The summed E-state index contributed by atoms with van der Waals surface area (Å²) in [6.07, 6.45) is 1.70. The Labute approximate surface area is 80.8 Å². The monoisotopic (exact) mass is 184 g/mol. The van der Waals surface area contributed by atoms with Crippen molar-refractivity contribution in [1.29, 1.82) is 5.26 Å². The second-order valence-corrected chi connectivity index (χ2v) is 3.15. The van der Waals surface area contributed by atoms with Gasteiger partial charge in [-0.25, -0.2) is 0 Å². The molecule has 2 aromatic rings. The first-order valence-corrected chi connectivity index (χ1v) is 4.22. The zero-order valence-corrected chi connectivity index (χ0v) is 7.69. The van der Waals surface area contributed by atoms with E-state index < -0.39 is 0 Å². The molecule has 68 valence electrons. The van der Waals surface area contributed by atoms with Crippen LogP contribution < -0.4 is 5.56 Å². The van der Waals surface area contributed by atoms with E-state index in [4.69, 9.17) is 5.26 Å². The number of benzene rings is 1. The Morgan fingerprint density at radius 3 is 2.86 bits per heavy atom. The lowest BCUT2D eigenvalue weighted by Gasteiger charge is -2.00. The SMILES string of the molecule is Cn1ccc2cc(C#N)ccc2c1=O. The lowest BCUT2D eigenvalue weighted by Crippen LogP contribution is -2.15. The Hall–Kier alpha value is -2.08. The highest BCUT2D eigenvalue weighted by molar-refractivity contribution is 5.82. The molecular weight excluding hydrogens is 176 g/mol. The smallest absolute Gasteiger partial charge is 0.258 e. The molecule has 14 heavy (non-hydrogen) atoms. The van der Waals surface area contributed by atoms with Crippen molar-refractivity contribution in [2.75, 3.05) is 0 Å². The van der Waals surface area contributed by atoms with Gasteiger partial charge in [0, 0.05) is 18.6 Å². The van der Waals surface area contributed by atoms with E-state index in [2.05, 4.69) is 0 Å². The highest BCUT2D eigenvalue weighted by Crippen LogP contribution is 2.11. The maximum Gasteiger partial charge on any atom is 0.258 e. The van der Waals surface area contributed by atoms with Crippen LogP contribution in [0, 0.1) is 11.3 Å². The van der Waals surface area contributed by atoms with Gasteiger partial charge >= 0.3 is 0 Å². The Morgan fingerprint density at radius 1 is 1.36 bits per heavy atom. The molecule has 0 aliphatic carbocycles. The average molecular weight is 184 g/mol. The van der Waals surface area contributed by atoms with Crippen LogP contribution in [0.25, 0.3) is 10.8 Å². The molecule has 0 amide bonds. The molecule has 1 aromatic heterocycles. The Kier molecular flexibility index (Phi) is 1.83. The van der Waals surface area contributed by atoms with Crippen LogP contribution in [0.4, 0.5) is 0 Å². The van der Waals surface area contributed by atoms with Crippen LogP contribution in [-0.4, -0.2) is 4.57 Å². The van der Waals surface area contributed by atoms with Crippen molar-refractivity contribution in [3.63, 3.8) is 0 Å². The molecule has 0 spiro atoms. The van der Waals surface area contributed by atoms with Crippen molar-refractivity contribution in [2.24, 2.45) is 7.05 Å². The predicted molar refractivity (Wildman–Crippen MR) is 53.9 cm³/mol. The molecule has 0 aliphatic heterocycles. The van der Waals surface area contributed by atoms with Gasteiger partial charge in [-0.05, 0) is 29.7 Å². The number of aryl methyl sites for hydroxylation is 1. The van der Waals surface area contributed by atoms with Crippen molar-refractivity contribution < 1.29 is 0 Å². The summed E-state index contributed by atoms with van der Waals surface area (Å²) in [5.74, 6) is 0. The third-order valence-corrected chi connectivity index (χ3v) is 2.21. The van der Waals surface area contributed by atoms with Crippen LogP contribution in [0.1, 0.15) is 5.56 Å². The molecule has 3 nitrogen and oxygen atoms in total. The number of aromatic nitrogens is 1. The van der Waals surface area contributed by atoms with Gasteiger partial charge in [0.25, 0.3) is 5.56 Å². The topological polar surface area (TPSA) is 45.8 Å². The van der Waals surface area contributed by atoms with Gasteiger partial charge in [0.1, 0.15) is 0 Å². The third kappa shape index (κ3) is 1.17. The number of hydrogen-bond acceptors (Lipinski definition) is 2. The van der Waals surface area contributed by atoms with E-state index in [9.17, 15) is 4.79 Å². The van der Waals surface area contributed by atoms with E-state index in [1.807, 2.05) is 12.1 Å². The molecule has 0 N–H and O–H groups in total. The van der Waals surface area contributed by atoms with E-state index in [1.54, 1.807) is 31.4 Å². The van der Waals surface area contributed by atoms with Gasteiger partial charge in [0.15, 0.2) is 0 Å². The molecule has 3 heteroatoms. The van der Waals surface area contributed by atoms with Gasteiger partial charge in [0.05, 0.1) is 11.6 Å². The molecule has 0 saturated carbocycles. The van der Waals surface area contributed by atoms with Gasteiger partial charge < -0.3 is 4.57 Å². The Morgan fingerprint density at radius 2 is 2.14 bits per heavy atom. The van der Waals surface area contributed by atoms with E-state index in [1.165, 1.54) is 4.57 Å². The lowest BCUT2D eigenvalue weighted by atomic mass is 10.1. The molecule has 0 atom stereocenters. The van der Waals surface area contributed by atoms with Gasteiger partial charge in [-0.2, -0.15) is 5.26 Å². The minimum Gasteiger partial charge on any atom is -0.318 e. The van der Waals surface area contributed by atoms with Gasteiger partial charge in [-0.1, -0.05) is 0 Å². The molecule has 2 rings (SSSR count). The summed E-state index contributed by atoms with van der Waals surface area (Å²) in [5, 5.41) is 10.1. The fourth-order valence-electron chi connectivity index (χ4n) is 1.41. The minimum absolute atomic E-state index is 0.0352. The van der Waals surface area contributed by atoms with Gasteiger partial charge in [-0.3, -0.25) is 4.79 Å². The number of nitrogens with zero attached hydrogens (tertiary/aromatic N) is 2. The number of hydrogen-bond donors (Lipinski definition) is 0. The second kappa shape index (κ2) is 3.00. The molecule has 0 unspecified atom stereocenters. The number of pyridine rings is 1. The number of fused-ring (bicyclic) bond motifs is 1. The Bertz CT molecular complexity index is 590. The van der Waals surface area contributed by atoms with Crippen molar-refractivity contribution in [2.45, 2.75) is 0 Å². The standard InChI is InChI=1S/C11H8N2O/c1-13-5-4-9-6-8(7-12)2-3-10(9)11(13)14/h2-6H,1H3. The zero-order valence-electron chi connectivity index (χ0n) is 7.69. The molecule has 0 radical (unpaired) electrons. The maximum absolute atomic E-state index is 11.6. The summed E-state index contributed by atoms with van der Waals surface area (Å²) < 4.78 is 1.52. The van der Waals surface area contributed by atoms with Crippen molar-refractivity contribution in [3.8, 4) is 6.07 Å². The normalized spacial score (nSPS) is 10.0. The quantitative estimate of drug-likeness (QED) is 0.621. The lowest BCUT2D eigenvalue weighted by molar-refractivity contribution is 0.873. The minimum atomic E-state index is -0.0352. The fourth-order valence-corrected chi connectivity index (χ4v) is 1.41. The van der Waals surface area contributed by atoms with E-state index in [0.717, 1.165) is 5.39 Å². The fraction of sp³-hybridized carbons (Fsp3) is 0.0909. The van der Waals surface area contributed by atoms with Crippen LogP contribution in [0.2, 0.25) is 0 Å². The molecule has 0 aliphatic rings. The molecule has 0 saturated heterocycles. The molecular formula is C11H8N2O. The first-order valence-electron chi connectivity index (χ1n) is 4.22. The highest BCUT2D eigenvalue weighted by Gasteiger charge is 2.00. The summed E-state index contributed by atoms with van der Waals surface area (Å²) in [5.41, 5.74) is 0.540. The maximum atomic E-state index is 11.6. The van der Waals surface area contributed by atoms with Crippen LogP contribution in [0.3, 0.4) is 0 Å². The third-order valence-electron chi connectivity index (χ3n) is 2.21. The van der Waals surface area contributed by atoms with Crippen molar-refractivity contribution in [1.82, 2.24) is 4.57 Å². The highest BCUT2D eigenvalue weighted by atomic mass is 16.1. The zero-order chi connectivity index (χ0) is 10.1. The van der Waals surface area contributed by atoms with Crippen LogP contribution in [0.5, 0.6) is 0 Å². The van der Waals surface area contributed by atoms with E-state index in [0.29, 0.717) is 10.9 Å². The largest absolute Gasteiger partial charge is 0.318 e. The summed E-state index contributed by atoms with van der Waals surface area (Å²) in [7, 11) is 1.71. The number of nitriles is 1. The first-order chi connectivity index (χ1) is 6.72. The van der Waals surface area contributed by atoms with Gasteiger partial charge in [0.2, 0.25) is 0 Å². The molecule has 0 fully saturated rings. The van der Waals surface area contributed by atoms with Crippen LogP contribution in [0.15, 0.2) is 35.3 Å². The van der Waals surface area contributed by atoms with Crippen molar-refractivity contribution in [3.05, 3.63) is 46.4 Å². The summed E-state index contributed by atoms with van der Waals surface area (Å²) in [6, 6.07) is 8.94. The molecule has 1 aromatic carbocycles. The van der Waals surface area contributed by atoms with E-state index in [-0.39, 0.29) is 5.56 Å². The van der Waals surface area contributed by atoms with Gasteiger partial charge in [-0.15, -0.1) is 0 Å². The first kappa shape index (κ1) is 8.52. The second-order valence-electron chi connectivity index (χ2n) is 3.15. The van der Waals surface area contributed by atoms with Crippen LogP contribution >= 0.6 is 0 Å². The molecule has 0 bridgehead atoms.